The maximum Gasteiger partial charge on any atom is 0.00234 e. The lowest BCUT2D eigenvalue weighted by Gasteiger charge is -2.43. The zero-order chi connectivity index (χ0) is 11.4. The summed E-state index contributed by atoms with van der Waals surface area (Å²) < 4.78 is 0. The monoisotopic (exact) mass is 217 g/mol. The standard InChI is InChI=1S/C15H23N/c1-3-9-15(11-16-12-15)10-14-7-5-13(4-2)6-8-14/h5-8,16H,3-4,9-12H2,1-2H3. The molecule has 0 aliphatic carbocycles. The van der Waals surface area contributed by atoms with Gasteiger partial charge in [0.05, 0.1) is 0 Å². The Morgan fingerprint density at radius 3 is 2.12 bits per heavy atom. The van der Waals surface area contributed by atoms with Crippen molar-refractivity contribution >= 4 is 0 Å². The second kappa shape index (κ2) is 5.01. The molecule has 0 atom stereocenters. The SMILES string of the molecule is CCCC1(Cc2ccc(CC)cc2)CNC1. The highest BCUT2D eigenvalue weighted by Crippen LogP contribution is 2.32. The molecule has 1 fully saturated rings. The van der Waals surface area contributed by atoms with Gasteiger partial charge in [-0.3, -0.25) is 0 Å². The lowest BCUT2D eigenvalue weighted by atomic mass is 9.73. The summed E-state index contributed by atoms with van der Waals surface area (Å²) in [4.78, 5) is 0. The van der Waals surface area contributed by atoms with Crippen LogP contribution in [0.15, 0.2) is 24.3 Å². The molecule has 1 heterocycles. The largest absolute Gasteiger partial charge is 0.316 e. The molecule has 1 aromatic carbocycles. The van der Waals surface area contributed by atoms with Gasteiger partial charge in [-0.25, -0.2) is 0 Å². The van der Waals surface area contributed by atoms with E-state index in [2.05, 4.69) is 43.4 Å². The van der Waals surface area contributed by atoms with Crippen LogP contribution in [-0.4, -0.2) is 13.1 Å². The Labute approximate surface area is 99.3 Å². The van der Waals surface area contributed by atoms with E-state index in [1.165, 1.54) is 43.5 Å². The Morgan fingerprint density at radius 2 is 1.69 bits per heavy atom. The van der Waals surface area contributed by atoms with Crippen molar-refractivity contribution in [1.82, 2.24) is 5.32 Å². The lowest BCUT2D eigenvalue weighted by molar-refractivity contribution is 0.151. The average molecular weight is 217 g/mol. The highest BCUT2D eigenvalue weighted by Gasteiger charge is 2.35. The molecule has 1 heteroatoms. The summed E-state index contributed by atoms with van der Waals surface area (Å²) in [5, 5.41) is 3.43. The second-order valence-electron chi connectivity index (χ2n) is 5.20. The van der Waals surface area contributed by atoms with Gasteiger partial charge >= 0.3 is 0 Å². The van der Waals surface area contributed by atoms with E-state index >= 15 is 0 Å². The third-order valence-electron chi connectivity index (χ3n) is 3.79. The van der Waals surface area contributed by atoms with E-state index in [1.807, 2.05) is 0 Å². The van der Waals surface area contributed by atoms with Crippen molar-refractivity contribution in [2.75, 3.05) is 13.1 Å². The predicted octanol–water partition coefficient (Wildman–Crippen LogP) is 3.18. The van der Waals surface area contributed by atoms with Gasteiger partial charge in [-0.2, -0.15) is 0 Å². The van der Waals surface area contributed by atoms with Gasteiger partial charge in [0.2, 0.25) is 0 Å². The minimum atomic E-state index is 0.558. The Morgan fingerprint density at radius 1 is 1.06 bits per heavy atom. The summed E-state index contributed by atoms with van der Waals surface area (Å²) in [5.74, 6) is 0. The van der Waals surface area contributed by atoms with Crippen molar-refractivity contribution in [3.63, 3.8) is 0 Å². The molecule has 1 aliphatic rings. The average Bonchev–Trinajstić information content (AvgIpc) is 2.27. The Bertz CT molecular complexity index is 322. The van der Waals surface area contributed by atoms with Gasteiger partial charge in [0.25, 0.3) is 0 Å². The van der Waals surface area contributed by atoms with E-state index in [-0.39, 0.29) is 0 Å². The molecular formula is C15H23N. The Balaban J connectivity index is 2.01. The summed E-state index contributed by atoms with van der Waals surface area (Å²) >= 11 is 0. The fourth-order valence-electron chi connectivity index (χ4n) is 2.72. The molecule has 0 aromatic heterocycles. The van der Waals surface area contributed by atoms with Gasteiger partial charge in [0.1, 0.15) is 0 Å². The number of benzene rings is 1. The zero-order valence-corrected chi connectivity index (χ0v) is 10.6. The molecule has 1 saturated heterocycles. The van der Waals surface area contributed by atoms with Crippen LogP contribution in [0.3, 0.4) is 0 Å². The third kappa shape index (κ3) is 2.46. The van der Waals surface area contributed by atoms with E-state index in [4.69, 9.17) is 0 Å². The maximum absolute atomic E-state index is 3.43. The first-order valence-corrected chi connectivity index (χ1v) is 6.56. The molecule has 0 bridgehead atoms. The summed E-state index contributed by atoms with van der Waals surface area (Å²) in [7, 11) is 0. The molecule has 16 heavy (non-hydrogen) atoms. The topological polar surface area (TPSA) is 12.0 Å². The lowest BCUT2D eigenvalue weighted by Crippen LogP contribution is -2.54. The van der Waals surface area contributed by atoms with E-state index < -0.39 is 0 Å². The number of hydrogen-bond donors (Lipinski definition) is 1. The van der Waals surface area contributed by atoms with E-state index in [0.717, 1.165) is 6.42 Å². The van der Waals surface area contributed by atoms with Crippen LogP contribution in [0.25, 0.3) is 0 Å². The summed E-state index contributed by atoms with van der Waals surface area (Å²) in [6.45, 7) is 6.91. The molecule has 1 aliphatic heterocycles. The summed E-state index contributed by atoms with van der Waals surface area (Å²) in [5.41, 5.74) is 3.51. The maximum atomic E-state index is 3.43. The first-order valence-electron chi connectivity index (χ1n) is 6.56. The zero-order valence-electron chi connectivity index (χ0n) is 10.6. The molecule has 0 spiro atoms. The number of nitrogens with one attached hydrogen (secondary N) is 1. The number of hydrogen-bond acceptors (Lipinski definition) is 1. The first-order chi connectivity index (χ1) is 7.78. The molecule has 0 radical (unpaired) electrons. The van der Waals surface area contributed by atoms with Crippen molar-refractivity contribution in [2.24, 2.45) is 5.41 Å². The van der Waals surface area contributed by atoms with Crippen molar-refractivity contribution in [2.45, 2.75) is 39.5 Å². The van der Waals surface area contributed by atoms with Crippen LogP contribution in [-0.2, 0) is 12.8 Å². The van der Waals surface area contributed by atoms with Crippen molar-refractivity contribution in [3.8, 4) is 0 Å². The molecule has 0 unspecified atom stereocenters. The van der Waals surface area contributed by atoms with Gasteiger partial charge in [0, 0.05) is 13.1 Å². The van der Waals surface area contributed by atoms with Crippen LogP contribution in [0.4, 0.5) is 0 Å². The molecular weight excluding hydrogens is 194 g/mol. The van der Waals surface area contributed by atoms with E-state index in [9.17, 15) is 0 Å². The van der Waals surface area contributed by atoms with Gasteiger partial charge in [-0.1, -0.05) is 44.5 Å². The van der Waals surface area contributed by atoms with E-state index in [1.54, 1.807) is 0 Å². The quantitative estimate of drug-likeness (QED) is 0.798. The van der Waals surface area contributed by atoms with Crippen LogP contribution in [0.1, 0.15) is 37.8 Å². The van der Waals surface area contributed by atoms with Crippen LogP contribution < -0.4 is 5.32 Å². The first kappa shape index (κ1) is 11.7. The number of rotatable bonds is 5. The fraction of sp³-hybridized carbons (Fsp3) is 0.600. The Kier molecular flexibility index (Phi) is 3.65. The van der Waals surface area contributed by atoms with Gasteiger partial charge < -0.3 is 5.32 Å². The Hall–Kier alpha value is -0.820. The van der Waals surface area contributed by atoms with Gasteiger partial charge in [-0.15, -0.1) is 0 Å². The van der Waals surface area contributed by atoms with Crippen LogP contribution in [0.5, 0.6) is 0 Å². The van der Waals surface area contributed by atoms with Crippen LogP contribution in [0.2, 0.25) is 0 Å². The van der Waals surface area contributed by atoms with Crippen LogP contribution in [0, 0.1) is 5.41 Å². The molecule has 0 amide bonds. The molecule has 2 rings (SSSR count). The highest BCUT2D eigenvalue weighted by molar-refractivity contribution is 5.24. The van der Waals surface area contributed by atoms with Crippen LogP contribution >= 0.6 is 0 Å². The molecule has 1 N–H and O–H groups in total. The molecule has 1 nitrogen and oxygen atoms in total. The molecule has 0 saturated carbocycles. The number of aryl methyl sites for hydroxylation is 1. The summed E-state index contributed by atoms with van der Waals surface area (Å²) in [6.07, 6.45) is 5.05. The minimum absolute atomic E-state index is 0.558. The predicted molar refractivity (Wildman–Crippen MR) is 69.7 cm³/mol. The normalized spacial score (nSPS) is 18.1. The third-order valence-corrected chi connectivity index (χ3v) is 3.79. The smallest absolute Gasteiger partial charge is 0.00234 e. The summed E-state index contributed by atoms with van der Waals surface area (Å²) in [6, 6.07) is 9.19. The van der Waals surface area contributed by atoms with Crippen molar-refractivity contribution in [1.29, 1.82) is 0 Å². The fourth-order valence-corrected chi connectivity index (χ4v) is 2.72. The molecule has 1 aromatic rings. The van der Waals surface area contributed by atoms with Crippen molar-refractivity contribution < 1.29 is 0 Å². The van der Waals surface area contributed by atoms with Crippen molar-refractivity contribution in [3.05, 3.63) is 35.4 Å². The minimum Gasteiger partial charge on any atom is -0.316 e. The van der Waals surface area contributed by atoms with Gasteiger partial charge in [-0.05, 0) is 35.8 Å². The van der Waals surface area contributed by atoms with Gasteiger partial charge in [0.15, 0.2) is 0 Å². The second-order valence-corrected chi connectivity index (χ2v) is 5.20. The molecule has 88 valence electrons. The highest BCUT2D eigenvalue weighted by atomic mass is 15.0. The van der Waals surface area contributed by atoms with E-state index in [0.29, 0.717) is 5.41 Å².